The highest BCUT2D eigenvalue weighted by Crippen LogP contribution is 2.29. The summed E-state index contributed by atoms with van der Waals surface area (Å²) < 4.78 is 0.911. The minimum atomic E-state index is -0.542. The molecule has 7 nitrogen and oxygen atoms in total. The van der Waals surface area contributed by atoms with E-state index in [4.69, 9.17) is 5.73 Å². The number of carbonyl (C=O) groups excluding carboxylic acids is 1. The molecular formula is C18H21N5O2S. The van der Waals surface area contributed by atoms with Crippen LogP contribution < -0.4 is 5.73 Å². The van der Waals surface area contributed by atoms with Crippen molar-refractivity contribution in [3.8, 4) is 0 Å². The summed E-state index contributed by atoms with van der Waals surface area (Å²) in [6.07, 6.45) is 0.110. The lowest BCUT2D eigenvalue weighted by molar-refractivity contribution is 0.0764. The minimum Gasteiger partial charge on any atom is -0.391 e. The number of carbonyl (C=O) groups is 1. The largest absolute Gasteiger partial charge is 0.391 e. The summed E-state index contributed by atoms with van der Waals surface area (Å²) in [6.45, 7) is 4.74. The monoisotopic (exact) mass is 371 g/mol. The number of β-amino-alcohol motifs (C(OH)–C–C–N with tert-alkyl or cyclic N) is 1. The van der Waals surface area contributed by atoms with Crippen LogP contribution in [0.5, 0.6) is 0 Å². The van der Waals surface area contributed by atoms with Gasteiger partial charge in [-0.2, -0.15) is 5.10 Å². The number of aliphatic hydroxyl groups excluding tert-OH is 1. The zero-order chi connectivity index (χ0) is 18.4. The molecule has 2 aromatic heterocycles. The lowest BCUT2D eigenvalue weighted by atomic mass is 10.00. The summed E-state index contributed by atoms with van der Waals surface area (Å²) in [7, 11) is 0. The molecule has 4 rings (SSSR count). The van der Waals surface area contributed by atoms with Crippen molar-refractivity contribution in [3.63, 3.8) is 0 Å². The zero-order valence-electron chi connectivity index (χ0n) is 14.7. The van der Waals surface area contributed by atoms with Crippen molar-refractivity contribution in [2.24, 2.45) is 5.92 Å². The molecule has 2 atom stereocenters. The quantitative estimate of drug-likeness (QED) is 0.652. The molecule has 0 unspecified atom stereocenters. The fraction of sp³-hybridized carbons (Fsp3) is 0.389. The second kappa shape index (κ2) is 6.37. The van der Waals surface area contributed by atoms with Gasteiger partial charge in [-0.1, -0.05) is 11.3 Å². The second-order valence-electron chi connectivity index (χ2n) is 6.98. The van der Waals surface area contributed by atoms with Gasteiger partial charge in [0.1, 0.15) is 0 Å². The number of fused-ring (bicyclic) bond motifs is 1. The van der Waals surface area contributed by atoms with E-state index in [-0.39, 0.29) is 11.8 Å². The lowest BCUT2D eigenvalue weighted by Crippen LogP contribution is -2.29. The number of aliphatic hydroxyl groups is 1. The number of anilines is 1. The molecule has 0 radical (unpaired) electrons. The second-order valence-corrected chi connectivity index (χ2v) is 8.04. The van der Waals surface area contributed by atoms with Crippen LogP contribution in [-0.4, -0.2) is 50.3 Å². The summed E-state index contributed by atoms with van der Waals surface area (Å²) in [5.41, 5.74) is 10.1. The third-order valence-electron chi connectivity index (χ3n) is 4.87. The Labute approximate surface area is 154 Å². The van der Waals surface area contributed by atoms with Gasteiger partial charge in [0.15, 0.2) is 5.13 Å². The molecule has 1 aliphatic rings. The third kappa shape index (κ3) is 3.06. The highest BCUT2D eigenvalue weighted by atomic mass is 32.1. The third-order valence-corrected chi connectivity index (χ3v) is 5.70. The highest BCUT2D eigenvalue weighted by molar-refractivity contribution is 7.22. The number of nitrogens with two attached hydrogens (primary N) is 1. The summed E-state index contributed by atoms with van der Waals surface area (Å²) in [5, 5.41) is 18.0. The molecule has 0 bridgehead atoms. The molecule has 4 N–H and O–H groups in total. The Morgan fingerprint density at radius 3 is 2.92 bits per heavy atom. The van der Waals surface area contributed by atoms with Crippen LogP contribution in [-0.2, 0) is 6.42 Å². The number of nitrogens with zero attached hydrogens (tertiary/aromatic N) is 3. The summed E-state index contributed by atoms with van der Waals surface area (Å²) in [4.78, 5) is 19.0. The van der Waals surface area contributed by atoms with E-state index in [1.807, 2.05) is 32.0 Å². The van der Waals surface area contributed by atoms with Gasteiger partial charge in [-0.15, -0.1) is 0 Å². The number of aryl methyl sites for hydroxylation is 2. The van der Waals surface area contributed by atoms with Crippen molar-refractivity contribution < 1.29 is 9.90 Å². The Morgan fingerprint density at radius 2 is 2.19 bits per heavy atom. The van der Waals surface area contributed by atoms with Crippen molar-refractivity contribution in [2.45, 2.75) is 26.4 Å². The summed E-state index contributed by atoms with van der Waals surface area (Å²) in [6, 6.07) is 5.67. The number of likely N-dealkylation sites (tertiary alicyclic amines) is 1. The zero-order valence-corrected chi connectivity index (χ0v) is 15.5. The van der Waals surface area contributed by atoms with Crippen molar-refractivity contribution >= 4 is 32.6 Å². The SMILES string of the molecule is Cc1cc(C[C@@H]2CN(C(=O)c3cc(C)c4nc(N)sc4c3)C[C@H]2O)n[nH]1. The van der Waals surface area contributed by atoms with Gasteiger partial charge < -0.3 is 15.7 Å². The minimum absolute atomic E-state index is 0.00877. The Kier molecular flexibility index (Phi) is 4.16. The number of nitrogens with one attached hydrogen (secondary N) is 1. The Bertz CT molecular complexity index is 979. The number of aromatic nitrogens is 3. The van der Waals surface area contributed by atoms with Crippen LogP contribution in [0, 0.1) is 19.8 Å². The fourth-order valence-electron chi connectivity index (χ4n) is 3.59. The molecule has 1 aliphatic heterocycles. The van der Waals surface area contributed by atoms with Crippen LogP contribution in [0.3, 0.4) is 0 Å². The standard InChI is InChI=1S/C18H21N5O2S/c1-9-3-11(6-15-16(9)20-18(19)26-15)17(25)23-7-12(14(24)8-23)5-13-4-10(2)21-22-13/h3-4,6,12,14,24H,5,7-8H2,1-2H3,(H2,19,20)(H,21,22)/t12-,14-/m1/s1. The van der Waals surface area contributed by atoms with Crippen LogP contribution in [0.25, 0.3) is 10.2 Å². The van der Waals surface area contributed by atoms with Gasteiger partial charge in [-0.05, 0) is 44.0 Å². The molecule has 3 aromatic rings. The molecule has 0 spiro atoms. The van der Waals surface area contributed by atoms with E-state index in [1.165, 1.54) is 11.3 Å². The number of hydrogen-bond acceptors (Lipinski definition) is 6. The molecule has 1 aromatic carbocycles. The van der Waals surface area contributed by atoms with Crippen LogP contribution in [0.15, 0.2) is 18.2 Å². The molecule has 1 fully saturated rings. The van der Waals surface area contributed by atoms with Crippen LogP contribution in [0.1, 0.15) is 27.3 Å². The molecule has 26 heavy (non-hydrogen) atoms. The van der Waals surface area contributed by atoms with Gasteiger partial charge in [0.25, 0.3) is 5.91 Å². The number of H-pyrrole nitrogens is 1. The Balaban J connectivity index is 1.53. The first-order valence-corrected chi connectivity index (χ1v) is 9.37. The average Bonchev–Trinajstić information content (AvgIpc) is 3.26. The predicted molar refractivity (Wildman–Crippen MR) is 101 cm³/mol. The number of nitrogen functional groups attached to an aromatic ring is 1. The van der Waals surface area contributed by atoms with Gasteiger partial charge in [-0.3, -0.25) is 9.89 Å². The first-order chi connectivity index (χ1) is 12.4. The topological polar surface area (TPSA) is 108 Å². The fourth-order valence-corrected chi connectivity index (χ4v) is 4.44. The van der Waals surface area contributed by atoms with Crippen LogP contribution in [0.4, 0.5) is 5.13 Å². The van der Waals surface area contributed by atoms with Gasteiger partial charge in [0.2, 0.25) is 0 Å². The van der Waals surface area contributed by atoms with Gasteiger partial charge in [0.05, 0.1) is 22.0 Å². The molecule has 8 heteroatoms. The number of thiazole rings is 1. The Morgan fingerprint density at radius 1 is 1.38 bits per heavy atom. The summed E-state index contributed by atoms with van der Waals surface area (Å²) in [5.74, 6) is -0.0766. The van der Waals surface area contributed by atoms with E-state index >= 15 is 0 Å². The highest BCUT2D eigenvalue weighted by Gasteiger charge is 2.35. The average molecular weight is 371 g/mol. The summed E-state index contributed by atoms with van der Waals surface area (Å²) >= 11 is 1.38. The number of benzene rings is 1. The Hall–Kier alpha value is -2.45. The van der Waals surface area contributed by atoms with Crippen molar-refractivity contribution in [1.29, 1.82) is 0 Å². The maximum absolute atomic E-state index is 12.9. The van der Waals surface area contributed by atoms with Gasteiger partial charge in [0, 0.05) is 30.3 Å². The lowest BCUT2D eigenvalue weighted by Gasteiger charge is -2.16. The smallest absolute Gasteiger partial charge is 0.254 e. The van der Waals surface area contributed by atoms with E-state index in [9.17, 15) is 9.90 Å². The van der Waals surface area contributed by atoms with Crippen LogP contribution in [0.2, 0.25) is 0 Å². The molecule has 136 valence electrons. The van der Waals surface area contributed by atoms with E-state index in [1.54, 1.807) is 4.90 Å². The molecule has 1 saturated heterocycles. The van der Waals surface area contributed by atoms with Gasteiger partial charge >= 0.3 is 0 Å². The molecule has 1 amide bonds. The van der Waals surface area contributed by atoms with E-state index in [0.29, 0.717) is 30.2 Å². The normalized spacial score (nSPS) is 20.2. The predicted octanol–water partition coefficient (Wildman–Crippen LogP) is 1.89. The van der Waals surface area contributed by atoms with Crippen molar-refractivity contribution in [3.05, 3.63) is 40.7 Å². The first-order valence-electron chi connectivity index (χ1n) is 8.55. The first kappa shape index (κ1) is 17.0. The van der Waals surface area contributed by atoms with E-state index in [0.717, 1.165) is 27.2 Å². The number of aromatic amines is 1. The maximum atomic E-state index is 12.9. The maximum Gasteiger partial charge on any atom is 0.254 e. The van der Waals surface area contributed by atoms with Crippen molar-refractivity contribution in [1.82, 2.24) is 20.1 Å². The number of rotatable bonds is 3. The van der Waals surface area contributed by atoms with Crippen LogP contribution >= 0.6 is 11.3 Å². The molecular weight excluding hydrogens is 350 g/mol. The van der Waals surface area contributed by atoms with E-state index in [2.05, 4.69) is 15.2 Å². The number of amides is 1. The van der Waals surface area contributed by atoms with E-state index < -0.39 is 6.10 Å². The molecule has 0 saturated carbocycles. The molecule has 0 aliphatic carbocycles. The number of hydrogen-bond donors (Lipinski definition) is 3. The van der Waals surface area contributed by atoms with Crippen molar-refractivity contribution in [2.75, 3.05) is 18.8 Å². The molecule has 3 heterocycles. The van der Waals surface area contributed by atoms with Gasteiger partial charge in [-0.25, -0.2) is 4.98 Å².